The fourth-order valence-electron chi connectivity index (χ4n) is 5.81. The number of hydrogen-bond acceptors (Lipinski definition) is 7. The topological polar surface area (TPSA) is 101 Å². The third kappa shape index (κ3) is 5.38. The van der Waals surface area contributed by atoms with Crippen molar-refractivity contribution in [2.45, 2.75) is 37.3 Å². The second-order valence-corrected chi connectivity index (χ2v) is 10.2. The van der Waals surface area contributed by atoms with Gasteiger partial charge in [-0.2, -0.15) is 0 Å². The summed E-state index contributed by atoms with van der Waals surface area (Å²) in [6, 6.07) is 14.9. The number of likely N-dealkylation sites (tertiary alicyclic amines) is 1. The van der Waals surface area contributed by atoms with Gasteiger partial charge < -0.3 is 34.2 Å². The van der Waals surface area contributed by atoms with E-state index in [2.05, 4.69) is 10.2 Å². The summed E-state index contributed by atoms with van der Waals surface area (Å²) < 4.78 is 16.3. The number of ether oxygens (including phenoxy) is 3. The average molecular weight is 537 g/mol. The van der Waals surface area contributed by atoms with Gasteiger partial charge in [-0.05, 0) is 49.9 Å². The predicted molar refractivity (Wildman–Crippen MR) is 145 cm³/mol. The number of piperidine rings is 1. The molecule has 3 heterocycles. The smallest absolute Gasteiger partial charge is 0.257 e. The van der Waals surface area contributed by atoms with Crippen LogP contribution in [0.15, 0.2) is 48.5 Å². The van der Waals surface area contributed by atoms with Gasteiger partial charge in [-0.3, -0.25) is 14.4 Å². The molecule has 5 rings (SSSR count). The number of amides is 3. The van der Waals surface area contributed by atoms with Crippen LogP contribution in [-0.4, -0.2) is 92.8 Å². The van der Waals surface area contributed by atoms with Crippen LogP contribution in [0.25, 0.3) is 0 Å². The highest BCUT2D eigenvalue weighted by Gasteiger charge is 2.54. The lowest BCUT2D eigenvalue weighted by Gasteiger charge is -2.43. The predicted octanol–water partition coefficient (Wildman–Crippen LogP) is 2.28. The Balaban J connectivity index is 1.30. The molecular weight excluding hydrogens is 500 g/mol. The van der Waals surface area contributed by atoms with E-state index in [9.17, 15) is 14.4 Å². The molecule has 3 saturated heterocycles. The van der Waals surface area contributed by atoms with E-state index in [1.165, 1.54) is 7.11 Å². The fraction of sp³-hybridized carbons (Fsp3) is 0.483. The molecule has 0 aromatic heterocycles. The standard InChI is InChI=1S/C29H36N4O6/c1-37-22-10-11-24(25(17-22)38-2)27(35)31-14-12-29(13-15-31)28(36)32(20-33(29)21-7-4-3-5-8-21)19-26(34)30-18-23-9-6-16-39-23/h3-5,7-8,10-11,17,23H,6,9,12-16,18-20H2,1-2H3,(H,30,34)/t23-/m0/s1. The molecule has 0 saturated carbocycles. The number of methoxy groups -OCH3 is 2. The molecule has 2 aromatic rings. The summed E-state index contributed by atoms with van der Waals surface area (Å²) in [5.74, 6) is 0.640. The molecule has 208 valence electrons. The second-order valence-electron chi connectivity index (χ2n) is 10.2. The van der Waals surface area contributed by atoms with E-state index in [0.717, 1.165) is 25.1 Å². The van der Waals surface area contributed by atoms with E-state index in [1.54, 1.807) is 35.1 Å². The molecule has 3 fully saturated rings. The minimum Gasteiger partial charge on any atom is -0.497 e. The third-order valence-electron chi connectivity index (χ3n) is 7.98. The van der Waals surface area contributed by atoms with Crippen molar-refractivity contribution in [3.63, 3.8) is 0 Å². The van der Waals surface area contributed by atoms with Crippen LogP contribution in [0.4, 0.5) is 5.69 Å². The number of rotatable bonds is 8. The summed E-state index contributed by atoms with van der Waals surface area (Å²) in [5.41, 5.74) is 0.554. The van der Waals surface area contributed by atoms with Crippen molar-refractivity contribution in [1.82, 2.24) is 15.1 Å². The summed E-state index contributed by atoms with van der Waals surface area (Å²) in [5, 5.41) is 2.93. The maximum absolute atomic E-state index is 13.9. The van der Waals surface area contributed by atoms with Crippen LogP contribution in [0.5, 0.6) is 11.5 Å². The van der Waals surface area contributed by atoms with Crippen LogP contribution in [-0.2, 0) is 14.3 Å². The van der Waals surface area contributed by atoms with E-state index < -0.39 is 5.54 Å². The Morgan fingerprint density at radius 2 is 1.85 bits per heavy atom. The summed E-state index contributed by atoms with van der Waals surface area (Å²) in [4.78, 5) is 45.6. The Bertz CT molecular complexity index is 1190. The molecule has 0 unspecified atom stereocenters. The lowest BCUT2D eigenvalue weighted by molar-refractivity contribution is -0.137. The Kier molecular flexibility index (Phi) is 7.92. The van der Waals surface area contributed by atoms with Gasteiger partial charge in [0.1, 0.15) is 23.6 Å². The van der Waals surface area contributed by atoms with E-state index in [0.29, 0.717) is 56.2 Å². The molecule has 1 atom stereocenters. The number of carbonyl (C=O) groups is 3. The summed E-state index contributed by atoms with van der Waals surface area (Å²) >= 11 is 0. The molecule has 10 heteroatoms. The van der Waals surface area contributed by atoms with Gasteiger partial charge in [0.05, 0.1) is 32.6 Å². The highest BCUT2D eigenvalue weighted by atomic mass is 16.5. The van der Waals surface area contributed by atoms with Crippen molar-refractivity contribution in [3.05, 3.63) is 54.1 Å². The monoisotopic (exact) mass is 536 g/mol. The molecule has 0 aliphatic carbocycles. The second kappa shape index (κ2) is 11.5. The Morgan fingerprint density at radius 1 is 1.08 bits per heavy atom. The first-order chi connectivity index (χ1) is 18.9. The minimum atomic E-state index is -0.822. The van der Waals surface area contributed by atoms with Crippen LogP contribution >= 0.6 is 0 Å². The Morgan fingerprint density at radius 3 is 2.51 bits per heavy atom. The fourth-order valence-corrected chi connectivity index (χ4v) is 5.81. The molecule has 39 heavy (non-hydrogen) atoms. The van der Waals surface area contributed by atoms with E-state index in [-0.39, 0.29) is 30.4 Å². The van der Waals surface area contributed by atoms with Gasteiger partial charge in [0.15, 0.2) is 0 Å². The van der Waals surface area contributed by atoms with Gasteiger partial charge >= 0.3 is 0 Å². The van der Waals surface area contributed by atoms with Gasteiger partial charge in [0, 0.05) is 38.0 Å². The Hall–Kier alpha value is -3.79. The quantitative estimate of drug-likeness (QED) is 0.553. The highest BCUT2D eigenvalue weighted by molar-refractivity contribution is 5.99. The zero-order chi connectivity index (χ0) is 27.4. The average Bonchev–Trinajstić information content (AvgIpc) is 3.59. The number of nitrogens with zero attached hydrogens (tertiary/aromatic N) is 3. The first-order valence-electron chi connectivity index (χ1n) is 13.5. The molecule has 3 aliphatic rings. The highest BCUT2D eigenvalue weighted by Crippen LogP contribution is 2.40. The number of benzene rings is 2. The van der Waals surface area contributed by atoms with Crippen molar-refractivity contribution in [3.8, 4) is 11.5 Å². The number of nitrogens with one attached hydrogen (secondary N) is 1. The van der Waals surface area contributed by atoms with Crippen molar-refractivity contribution in [2.24, 2.45) is 0 Å². The van der Waals surface area contributed by atoms with Crippen LogP contribution in [0.2, 0.25) is 0 Å². The van der Waals surface area contributed by atoms with E-state index in [1.807, 2.05) is 30.3 Å². The first kappa shape index (κ1) is 26.8. The van der Waals surface area contributed by atoms with E-state index >= 15 is 0 Å². The van der Waals surface area contributed by atoms with Crippen LogP contribution in [0, 0.1) is 0 Å². The van der Waals surface area contributed by atoms with Crippen LogP contribution in [0.1, 0.15) is 36.0 Å². The van der Waals surface area contributed by atoms with Gasteiger partial charge in [0.2, 0.25) is 5.91 Å². The zero-order valence-electron chi connectivity index (χ0n) is 22.6. The molecule has 0 bridgehead atoms. The van der Waals surface area contributed by atoms with Crippen molar-refractivity contribution < 1.29 is 28.6 Å². The van der Waals surface area contributed by atoms with Gasteiger partial charge in [0.25, 0.3) is 11.8 Å². The van der Waals surface area contributed by atoms with E-state index in [4.69, 9.17) is 14.2 Å². The molecular formula is C29H36N4O6. The molecule has 3 aliphatic heterocycles. The van der Waals surface area contributed by atoms with Gasteiger partial charge in [-0.15, -0.1) is 0 Å². The number of hydrogen-bond donors (Lipinski definition) is 1. The maximum atomic E-state index is 13.9. The number of para-hydroxylation sites is 1. The SMILES string of the molecule is COc1ccc(C(=O)N2CCC3(CC2)C(=O)N(CC(=O)NC[C@@H]2CCCO2)CN3c2ccccc2)c(OC)c1. The lowest BCUT2D eigenvalue weighted by Crippen LogP contribution is -2.57. The van der Waals surface area contributed by atoms with Crippen molar-refractivity contribution in [2.75, 3.05) is 58.6 Å². The van der Waals surface area contributed by atoms with Crippen LogP contribution < -0.4 is 19.7 Å². The molecule has 2 aromatic carbocycles. The number of anilines is 1. The molecule has 0 radical (unpaired) electrons. The minimum absolute atomic E-state index is 0.0116. The third-order valence-corrected chi connectivity index (χ3v) is 7.98. The van der Waals surface area contributed by atoms with Crippen LogP contribution in [0.3, 0.4) is 0 Å². The lowest BCUT2D eigenvalue weighted by atomic mass is 9.85. The summed E-state index contributed by atoms with van der Waals surface area (Å²) in [6.45, 7) is 2.30. The molecule has 10 nitrogen and oxygen atoms in total. The first-order valence-corrected chi connectivity index (χ1v) is 13.5. The molecule has 3 amide bonds. The number of carbonyl (C=O) groups excluding carboxylic acids is 3. The summed E-state index contributed by atoms with van der Waals surface area (Å²) in [6.07, 6.45) is 2.90. The summed E-state index contributed by atoms with van der Waals surface area (Å²) in [7, 11) is 3.09. The normalized spacial score (nSPS) is 20.4. The maximum Gasteiger partial charge on any atom is 0.257 e. The van der Waals surface area contributed by atoms with Crippen molar-refractivity contribution in [1.29, 1.82) is 0 Å². The molecule has 1 spiro atoms. The van der Waals surface area contributed by atoms with Gasteiger partial charge in [-0.25, -0.2) is 0 Å². The zero-order valence-corrected chi connectivity index (χ0v) is 22.6. The Labute approximate surface area is 228 Å². The van der Waals surface area contributed by atoms with Crippen molar-refractivity contribution >= 4 is 23.4 Å². The molecule has 1 N–H and O–H groups in total. The van der Waals surface area contributed by atoms with Gasteiger partial charge in [-0.1, -0.05) is 18.2 Å². The largest absolute Gasteiger partial charge is 0.497 e.